The molecule has 0 spiro atoms. The number of aromatic nitrogens is 1. The van der Waals surface area contributed by atoms with Gasteiger partial charge in [0.25, 0.3) is 5.69 Å². The summed E-state index contributed by atoms with van der Waals surface area (Å²) in [4.78, 5) is 32.2. The number of nitro groups is 1. The first-order chi connectivity index (χ1) is 13.0. The highest BCUT2D eigenvalue weighted by molar-refractivity contribution is 5.67. The van der Waals surface area contributed by atoms with Crippen LogP contribution in [0.4, 0.5) is 16.3 Å². The lowest BCUT2D eigenvalue weighted by Gasteiger charge is -2.43. The van der Waals surface area contributed by atoms with E-state index < -0.39 is 16.6 Å². The van der Waals surface area contributed by atoms with Crippen molar-refractivity contribution in [3.05, 3.63) is 34.1 Å². The molecule has 0 bridgehead atoms. The first kappa shape index (κ1) is 21.5. The zero-order chi connectivity index (χ0) is 21.1. The SMILES string of the molecule is CN(C)C=Cc1cc(N2CCC(N(C(=O)O)C(C)(C)C)CC2)ncc1[N+](=O)[O-]. The third-order valence-electron chi connectivity index (χ3n) is 4.73. The number of anilines is 1. The van der Waals surface area contributed by atoms with Crippen molar-refractivity contribution in [1.82, 2.24) is 14.8 Å². The Morgan fingerprint density at radius 1 is 1.36 bits per heavy atom. The van der Waals surface area contributed by atoms with Crippen LogP contribution in [0.3, 0.4) is 0 Å². The molecule has 154 valence electrons. The summed E-state index contributed by atoms with van der Waals surface area (Å²) in [6.45, 7) is 6.98. The summed E-state index contributed by atoms with van der Waals surface area (Å²) in [5.41, 5.74) is -0.0109. The lowest BCUT2D eigenvalue weighted by molar-refractivity contribution is -0.385. The lowest BCUT2D eigenvalue weighted by Crippen LogP contribution is -2.54. The standard InChI is InChI=1S/C19H29N5O4/c1-19(2,3)23(18(25)26)15-7-10-22(11-8-15)17-12-14(6-9-21(4)5)16(13-20-17)24(27)28/h6,9,12-13,15H,7-8,10-11H2,1-5H3,(H,25,26). The smallest absolute Gasteiger partial charge is 0.407 e. The topological polar surface area (TPSA) is 103 Å². The number of pyridine rings is 1. The van der Waals surface area contributed by atoms with Gasteiger partial charge in [-0.15, -0.1) is 0 Å². The number of carbonyl (C=O) groups is 1. The Morgan fingerprint density at radius 2 is 1.96 bits per heavy atom. The quantitative estimate of drug-likeness (QED) is 0.607. The summed E-state index contributed by atoms with van der Waals surface area (Å²) in [6, 6.07) is 1.66. The van der Waals surface area contributed by atoms with Crippen LogP contribution < -0.4 is 4.90 Å². The van der Waals surface area contributed by atoms with E-state index in [1.807, 2.05) is 39.8 Å². The van der Waals surface area contributed by atoms with Crippen LogP contribution in [0.2, 0.25) is 0 Å². The second-order valence-electron chi connectivity index (χ2n) is 8.18. The Hall–Kier alpha value is -2.84. The number of nitrogens with zero attached hydrogens (tertiary/aromatic N) is 5. The van der Waals surface area contributed by atoms with E-state index in [1.54, 1.807) is 18.3 Å². The highest BCUT2D eigenvalue weighted by Crippen LogP contribution is 2.29. The molecule has 0 radical (unpaired) electrons. The number of hydrogen-bond donors (Lipinski definition) is 1. The van der Waals surface area contributed by atoms with Crippen molar-refractivity contribution in [3.8, 4) is 0 Å². The fourth-order valence-corrected chi connectivity index (χ4v) is 3.48. The Bertz CT molecular complexity index is 749. The first-order valence-electron chi connectivity index (χ1n) is 9.27. The molecule has 2 heterocycles. The Balaban J connectivity index is 2.19. The van der Waals surface area contributed by atoms with Gasteiger partial charge in [0.15, 0.2) is 0 Å². The second-order valence-corrected chi connectivity index (χ2v) is 8.18. The van der Waals surface area contributed by atoms with Crippen LogP contribution in [-0.2, 0) is 0 Å². The van der Waals surface area contributed by atoms with Crippen LogP contribution in [0, 0.1) is 10.1 Å². The molecular formula is C19H29N5O4. The lowest BCUT2D eigenvalue weighted by atomic mass is 9.97. The molecule has 9 nitrogen and oxygen atoms in total. The molecule has 1 saturated heterocycles. The molecule has 0 aromatic carbocycles. The molecule has 0 unspecified atom stereocenters. The van der Waals surface area contributed by atoms with Gasteiger partial charge in [-0.3, -0.25) is 10.1 Å². The summed E-state index contributed by atoms with van der Waals surface area (Å²) >= 11 is 0. The molecule has 0 aliphatic carbocycles. The van der Waals surface area contributed by atoms with Crippen LogP contribution in [-0.4, -0.2) is 69.7 Å². The van der Waals surface area contributed by atoms with Gasteiger partial charge in [-0.05, 0) is 52.0 Å². The van der Waals surface area contributed by atoms with E-state index in [2.05, 4.69) is 9.88 Å². The van der Waals surface area contributed by atoms with Crippen molar-refractivity contribution >= 4 is 23.7 Å². The summed E-state index contributed by atoms with van der Waals surface area (Å²) in [5.74, 6) is 0.667. The molecule has 0 saturated carbocycles. The molecule has 1 aromatic heterocycles. The number of hydrogen-bond acceptors (Lipinski definition) is 6. The molecule has 2 rings (SSSR count). The van der Waals surface area contributed by atoms with E-state index in [0.29, 0.717) is 37.3 Å². The third kappa shape index (κ3) is 5.11. The predicted octanol–water partition coefficient (Wildman–Crippen LogP) is 3.27. The minimum absolute atomic E-state index is 0.0403. The number of amides is 1. The fraction of sp³-hybridized carbons (Fsp3) is 0.579. The molecule has 9 heteroatoms. The summed E-state index contributed by atoms with van der Waals surface area (Å²) in [7, 11) is 3.69. The van der Waals surface area contributed by atoms with Crippen LogP contribution in [0.5, 0.6) is 0 Å². The molecule has 0 atom stereocenters. The molecule has 1 aliphatic rings. The van der Waals surface area contributed by atoms with E-state index >= 15 is 0 Å². The number of rotatable bonds is 5. The average molecular weight is 391 g/mol. The summed E-state index contributed by atoms with van der Waals surface area (Å²) in [6.07, 6.45) is 5.20. The summed E-state index contributed by atoms with van der Waals surface area (Å²) in [5, 5.41) is 20.9. The molecule has 28 heavy (non-hydrogen) atoms. The highest BCUT2D eigenvalue weighted by Gasteiger charge is 2.35. The second kappa shape index (κ2) is 8.45. The van der Waals surface area contributed by atoms with Gasteiger partial charge in [-0.25, -0.2) is 9.78 Å². The van der Waals surface area contributed by atoms with Gasteiger partial charge in [0.1, 0.15) is 12.0 Å². The van der Waals surface area contributed by atoms with E-state index in [9.17, 15) is 20.0 Å². The van der Waals surface area contributed by atoms with Crippen molar-refractivity contribution < 1.29 is 14.8 Å². The molecule has 1 aromatic rings. The van der Waals surface area contributed by atoms with E-state index in [1.165, 1.54) is 11.1 Å². The van der Waals surface area contributed by atoms with E-state index in [0.717, 1.165) is 0 Å². The zero-order valence-electron chi connectivity index (χ0n) is 17.1. The maximum atomic E-state index is 11.7. The van der Waals surface area contributed by atoms with Crippen LogP contribution in [0.1, 0.15) is 39.2 Å². The van der Waals surface area contributed by atoms with Crippen molar-refractivity contribution in [1.29, 1.82) is 0 Å². The van der Waals surface area contributed by atoms with Crippen molar-refractivity contribution in [3.63, 3.8) is 0 Å². The van der Waals surface area contributed by atoms with Crippen LogP contribution in [0.15, 0.2) is 18.5 Å². The van der Waals surface area contributed by atoms with E-state index in [-0.39, 0.29) is 11.7 Å². The van der Waals surface area contributed by atoms with Gasteiger partial charge in [0, 0.05) is 38.8 Å². The Morgan fingerprint density at radius 3 is 2.43 bits per heavy atom. The molecular weight excluding hydrogens is 362 g/mol. The van der Waals surface area contributed by atoms with Crippen LogP contribution >= 0.6 is 0 Å². The van der Waals surface area contributed by atoms with Gasteiger partial charge in [0.05, 0.1) is 10.5 Å². The molecule has 1 amide bonds. The van der Waals surface area contributed by atoms with Gasteiger partial charge < -0.3 is 19.8 Å². The largest absolute Gasteiger partial charge is 0.465 e. The zero-order valence-corrected chi connectivity index (χ0v) is 17.1. The minimum Gasteiger partial charge on any atom is -0.465 e. The van der Waals surface area contributed by atoms with Crippen molar-refractivity contribution in [2.24, 2.45) is 0 Å². The van der Waals surface area contributed by atoms with Crippen LogP contribution in [0.25, 0.3) is 6.08 Å². The normalized spacial score (nSPS) is 15.7. The van der Waals surface area contributed by atoms with Gasteiger partial charge in [-0.2, -0.15) is 0 Å². The van der Waals surface area contributed by atoms with Crippen molar-refractivity contribution in [2.45, 2.75) is 45.2 Å². The monoisotopic (exact) mass is 391 g/mol. The van der Waals surface area contributed by atoms with Gasteiger partial charge >= 0.3 is 6.09 Å². The maximum Gasteiger partial charge on any atom is 0.407 e. The van der Waals surface area contributed by atoms with E-state index in [4.69, 9.17) is 0 Å². The Labute approximate surface area is 165 Å². The molecule has 1 fully saturated rings. The Kier molecular flexibility index (Phi) is 6.48. The molecule has 1 N–H and O–H groups in total. The summed E-state index contributed by atoms with van der Waals surface area (Å²) < 4.78 is 0. The van der Waals surface area contributed by atoms with Crippen molar-refractivity contribution in [2.75, 3.05) is 32.1 Å². The highest BCUT2D eigenvalue weighted by atomic mass is 16.6. The third-order valence-corrected chi connectivity index (χ3v) is 4.73. The predicted molar refractivity (Wildman–Crippen MR) is 108 cm³/mol. The first-order valence-corrected chi connectivity index (χ1v) is 9.27. The number of piperidine rings is 1. The average Bonchev–Trinajstić information content (AvgIpc) is 2.58. The van der Waals surface area contributed by atoms with Gasteiger partial charge in [0.2, 0.25) is 0 Å². The minimum atomic E-state index is -0.907. The fourth-order valence-electron chi connectivity index (χ4n) is 3.48. The van der Waals surface area contributed by atoms with Gasteiger partial charge in [-0.1, -0.05) is 0 Å². The maximum absolute atomic E-state index is 11.7. The molecule has 1 aliphatic heterocycles. The number of carboxylic acid groups (broad SMARTS) is 1.